The van der Waals surface area contributed by atoms with E-state index >= 15 is 0 Å². The summed E-state index contributed by atoms with van der Waals surface area (Å²) in [7, 11) is 4.14. The lowest BCUT2D eigenvalue weighted by Crippen LogP contribution is -2.56. The molecule has 0 saturated carbocycles. The van der Waals surface area contributed by atoms with Crippen LogP contribution in [0.4, 0.5) is 0 Å². The van der Waals surface area contributed by atoms with Gasteiger partial charge in [0.25, 0.3) is 0 Å². The fraction of sp³-hybridized carbons (Fsp3) is 0.929. The Morgan fingerprint density at radius 3 is 2.67 bits per heavy atom. The number of likely N-dealkylation sites (N-methyl/N-ethyl adjacent to an activating group) is 1. The van der Waals surface area contributed by atoms with Crippen LogP contribution >= 0.6 is 0 Å². The molecule has 1 amide bonds. The third-order valence-electron chi connectivity index (χ3n) is 3.96. The number of hydrogen-bond donors (Lipinski definition) is 1. The molecular formula is C14H29N3O. The highest BCUT2D eigenvalue weighted by atomic mass is 16.2. The second-order valence-corrected chi connectivity index (χ2v) is 6.12. The van der Waals surface area contributed by atoms with Crippen LogP contribution in [0.25, 0.3) is 0 Å². The maximum atomic E-state index is 12.4. The van der Waals surface area contributed by atoms with E-state index in [0.29, 0.717) is 0 Å². The van der Waals surface area contributed by atoms with Crippen LogP contribution in [0.15, 0.2) is 0 Å². The number of hydrogen-bond acceptors (Lipinski definition) is 3. The third-order valence-corrected chi connectivity index (χ3v) is 3.96. The van der Waals surface area contributed by atoms with Gasteiger partial charge in [0.2, 0.25) is 5.91 Å². The monoisotopic (exact) mass is 255 g/mol. The number of nitrogens with one attached hydrogen (secondary N) is 1. The molecule has 0 bridgehead atoms. The zero-order chi connectivity index (χ0) is 13.8. The molecule has 1 rings (SSSR count). The summed E-state index contributed by atoms with van der Waals surface area (Å²) in [5.41, 5.74) is 0.0301. The second-order valence-electron chi connectivity index (χ2n) is 6.12. The number of carbonyl (C=O) groups is 1. The average Bonchev–Trinajstić information content (AvgIpc) is 2.30. The Hall–Kier alpha value is -0.610. The molecule has 0 aromatic heterocycles. The number of piperidine rings is 1. The van der Waals surface area contributed by atoms with Crippen LogP contribution in [0.3, 0.4) is 0 Å². The third kappa shape index (κ3) is 3.95. The SMILES string of the molecule is CCCNC1CCCN(CC(C)(C)N(C)C)C1=O. The summed E-state index contributed by atoms with van der Waals surface area (Å²) in [6.45, 7) is 9.14. The highest BCUT2D eigenvalue weighted by Crippen LogP contribution is 2.18. The molecule has 1 fully saturated rings. The van der Waals surface area contributed by atoms with Gasteiger partial charge in [0.05, 0.1) is 6.04 Å². The van der Waals surface area contributed by atoms with E-state index in [-0.39, 0.29) is 17.5 Å². The lowest BCUT2D eigenvalue weighted by atomic mass is 9.99. The molecule has 1 atom stereocenters. The predicted octanol–water partition coefficient (Wildman–Crippen LogP) is 1.32. The molecule has 1 aliphatic rings. The Balaban J connectivity index is 2.58. The maximum Gasteiger partial charge on any atom is 0.239 e. The summed E-state index contributed by atoms with van der Waals surface area (Å²) in [5, 5.41) is 3.36. The predicted molar refractivity (Wildman–Crippen MR) is 75.7 cm³/mol. The van der Waals surface area contributed by atoms with Gasteiger partial charge in [-0.1, -0.05) is 6.92 Å². The van der Waals surface area contributed by atoms with Gasteiger partial charge in [0, 0.05) is 18.6 Å². The Bertz CT molecular complexity index is 276. The molecule has 106 valence electrons. The van der Waals surface area contributed by atoms with Crippen LogP contribution in [-0.2, 0) is 4.79 Å². The van der Waals surface area contributed by atoms with Crippen LogP contribution in [0.5, 0.6) is 0 Å². The van der Waals surface area contributed by atoms with Gasteiger partial charge in [-0.15, -0.1) is 0 Å². The lowest BCUT2D eigenvalue weighted by molar-refractivity contribution is -0.137. The van der Waals surface area contributed by atoms with Crippen LogP contribution in [0.2, 0.25) is 0 Å². The van der Waals surface area contributed by atoms with E-state index in [9.17, 15) is 4.79 Å². The van der Waals surface area contributed by atoms with E-state index in [2.05, 4.69) is 45.1 Å². The minimum atomic E-state index is 0.0301. The van der Waals surface area contributed by atoms with Crippen molar-refractivity contribution in [2.75, 3.05) is 33.7 Å². The Morgan fingerprint density at radius 1 is 1.44 bits per heavy atom. The summed E-state index contributed by atoms with van der Waals surface area (Å²) in [6.07, 6.45) is 3.17. The van der Waals surface area contributed by atoms with Crippen molar-refractivity contribution in [3.8, 4) is 0 Å². The highest BCUT2D eigenvalue weighted by molar-refractivity contribution is 5.82. The topological polar surface area (TPSA) is 35.6 Å². The fourth-order valence-corrected chi connectivity index (χ4v) is 2.21. The van der Waals surface area contributed by atoms with Crippen LogP contribution in [0.1, 0.15) is 40.0 Å². The van der Waals surface area contributed by atoms with E-state index in [4.69, 9.17) is 0 Å². The zero-order valence-corrected chi connectivity index (χ0v) is 12.6. The molecule has 0 spiro atoms. The van der Waals surface area contributed by atoms with Gasteiger partial charge in [0.1, 0.15) is 0 Å². The first-order valence-electron chi connectivity index (χ1n) is 7.08. The van der Waals surface area contributed by atoms with Gasteiger partial charge in [-0.2, -0.15) is 0 Å². The van der Waals surface area contributed by atoms with Crippen molar-refractivity contribution in [1.29, 1.82) is 0 Å². The maximum absolute atomic E-state index is 12.4. The molecule has 0 radical (unpaired) electrons. The van der Waals surface area contributed by atoms with Crippen molar-refractivity contribution in [3.05, 3.63) is 0 Å². The molecule has 1 aliphatic heterocycles. The summed E-state index contributed by atoms with van der Waals surface area (Å²) in [6, 6.07) is 0.0386. The molecule has 4 nitrogen and oxygen atoms in total. The van der Waals surface area contributed by atoms with Crippen molar-refractivity contribution >= 4 is 5.91 Å². The first-order valence-corrected chi connectivity index (χ1v) is 7.08. The molecule has 0 aromatic carbocycles. The molecule has 1 saturated heterocycles. The molecular weight excluding hydrogens is 226 g/mol. The number of rotatable bonds is 6. The van der Waals surface area contributed by atoms with E-state index in [1.165, 1.54) is 0 Å². The lowest BCUT2D eigenvalue weighted by Gasteiger charge is -2.41. The Kier molecular flexibility index (Phi) is 5.60. The summed E-state index contributed by atoms with van der Waals surface area (Å²) in [5.74, 6) is 0.282. The number of amides is 1. The number of carbonyl (C=O) groups excluding carboxylic acids is 1. The smallest absolute Gasteiger partial charge is 0.239 e. The number of nitrogens with zero attached hydrogens (tertiary/aromatic N) is 2. The summed E-state index contributed by atoms with van der Waals surface area (Å²) in [4.78, 5) is 16.6. The highest BCUT2D eigenvalue weighted by Gasteiger charge is 2.32. The largest absolute Gasteiger partial charge is 0.340 e. The van der Waals surface area contributed by atoms with Crippen molar-refractivity contribution in [2.45, 2.75) is 51.6 Å². The van der Waals surface area contributed by atoms with Crippen molar-refractivity contribution in [3.63, 3.8) is 0 Å². The van der Waals surface area contributed by atoms with E-state index in [1.54, 1.807) is 0 Å². The molecule has 4 heteroatoms. The van der Waals surface area contributed by atoms with Crippen molar-refractivity contribution < 1.29 is 4.79 Å². The van der Waals surface area contributed by atoms with Crippen LogP contribution in [-0.4, -0.2) is 61.0 Å². The Labute approximate surface area is 112 Å². The number of likely N-dealkylation sites (tertiary alicyclic amines) is 1. The normalized spacial score (nSPS) is 21.8. The molecule has 0 aromatic rings. The van der Waals surface area contributed by atoms with Crippen LogP contribution in [0, 0.1) is 0 Å². The molecule has 1 N–H and O–H groups in total. The van der Waals surface area contributed by atoms with E-state index in [0.717, 1.165) is 38.9 Å². The van der Waals surface area contributed by atoms with Gasteiger partial charge >= 0.3 is 0 Å². The standard InChI is InChI=1S/C14H29N3O/c1-6-9-15-12-8-7-10-17(13(12)18)11-14(2,3)16(4)5/h12,15H,6-11H2,1-5H3. The van der Waals surface area contributed by atoms with Gasteiger partial charge in [0.15, 0.2) is 0 Å². The minimum Gasteiger partial charge on any atom is -0.340 e. The van der Waals surface area contributed by atoms with Crippen molar-refractivity contribution in [1.82, 2.24) is 15.1 Å². The van der Waals surface area contributed by atoms with Crippen LogP contribution < -0.4 is 5.32 Å². The van der Waals surface area contributed by atoms with Gasteiger partial charge < -0.3 is 15.1 Å². The quantitative estimate of drug-likeness (QED) is 0.777. The minimum absolute atomic E-state index is 0.0301. The first-order chi connectivity index (χ1) is 8.38. The molecule has 1 heterocycles. The van der Waals surface area contributed by atoms with E-state index < -0.39 is 0 Å². The molecule has 0 aliphatic carbocycles. The summed E-state index contributed by atoms with van der Waals surface area (Å²) < 4.78 is 0. The zero-order valence-electron chi connectivity index (χ0n) is 12.6. The average molecular weight is 255 g/mol. The van der Waals surface area contributed by atoms with Gasteiger partial charge in [-0.25, -0.2) is 0 Å². The molecule has 1 unspecified atom stereocenters. The van der Waals surface area contributed by atoms with Crippen molar-refractivity contribution in [2.24, 2.45) is 0 Å². The summed E-state index contributed by atoms with van der Waals surface area (Å²) >= 11 is 0. The first kappa shape index (κ1) is 15.4. The molecule has 18 heavy (non-hydrogen) atoms. The second kappa shape index (κ2) is 6.53. The fourth-order valence-electron chi connectivity index (χ4n) is 2.21. The Morgan fingerprint density at radius 2 is 2.11 bits per heavy atom. The van der Waals surface area contributed by atoms with E-state index in [1.807, 2.05) is 4.90 Å². The van der Waals surface area contributed by atoms with Gasteiger partial charge in [-0.3, -0.25) is 4.79 Å². The van der Waals surface area contributed by atoms with Gasteiger partial charge in [-0.05, 0) is 53.8 Å².